The Kier molecular flexibility index (Phi) is 58.5. The number of hydrogen-bond acceptors (Lipinski definition) is 32. The molecular formula is C80H126N14O29S. The van der Waals surface area contributed by atoms with Crippen molar-refractivity contribution in [3.8, 4) is 11.8 Å². The van der Waals surface area contributed by atoms with Crippen molar-refractivity contribution in [2.45, 2.75) is 120 Å². The van der Waals surface area contributed by atoms with Gasteiger partial charge in [-0.05, 0) is 56.4 Å². The fourth-order valence-electron chi connectivity index (χ4n) is 11.3. The predicted octanol–water partition coefficient (Wildman–Crippen LogP) is -2.24. The van der Waals surface area contributed by atoms with Crippen LogP contribution in [0.25, 0.3) is 0 Å². The van der Waals surface area contributed by atoms with E-state index in [4.69, 9.17) is 71.1 Å². The molecule has 1 fully saturated rings. The zero-order valence-corrected chi connectivity index (χ0v) is 72.3. The molecule has 1 aliphatic rings. The van der Waals surface area contributed by atoms with Gasteiger partial charge in [-0.25, -0.2) is 18.4 Å². The minimum atomic E-state index is -3.67. The van der Waals surface area contributed by atoms with E-state index in [1.165, 1.54) is 17.3 Å². The van der Waals surface area contributed by atoms with Crippen molar-refractivity contribution in [1.82, 2.24) is 72.4 Å². The average Bonchev–Trinajstić information content (AvgIpc) is 0.962. The normalized spacial score (nSPS) is 13.8. The van der Waals surface area contributed by atoms with Crippen molar-refractivity contribution < 1.29 is 137 Å². The number of carbonyl (C=O) groups is 11. The van der Waals surface area contributed by atoms with Crippen molar-refractivity contribution in [3.05, 3.63) is 65.7 Å². The van der Waals surface area contributed by atoms with Gasteiger partial charge < -0.3 is 124 Å². The number of carboxylic acids is 1. The molecule has 0 aliphatic heterocycles. The molecule has 9 N–H and O–H groups in total. The van der Waals surface area contributed by atoms with Gasteiger partial charge in [0.15, 0.2) is 6.73 Å². The van der Waals surface area contributed by atoms with Gasteiger partial charge in [-0.3, -0.25) is 57.4 Å². The van der Waals surface area contributed by atoms with Crippen molar-refractivity contribution in [1.29, 1.82) is 0 Å². The second kappa shape index (κ2) is 67.9. The fraction of sp³-hybridized carbons (Fsp3) is 0.688. The molecule has 9 amide bonds. The molecule has 2 aromatic heterocycles. The number of nitrogens with zero attached hydrogens (tertiary/aromatic N) is 6. The highest BCUT2D eigenvalue weighted by Gasteiger charge is 2.32. The van der Waals surface area contributed by atoms with Crippen LogP contribution in [0.2, 0.25) is 0 Å². The summed E-state index contributed by atoms with van der Waals surface area (Å²) < 4.78 is 107. The van der Waals surface area contributed by atoms with E-state index in [1.54, 1.807) is 55.4 Å². The maximum Gasteiger partial charge on any atom is 0.306 e. The van der Waals surface area contributed by atoms with Gasteiger partial charge in [-0.15, -0.1) is 5.10 Å². The number of sulfone groups is 1. The Bertz CT molecular complexity index is 3680. The molecule has 2 heterocycles. The molecule has 4 rings (SSSR count). The first-order valence-electron chi connectivity index (χ1n) is 41.3. The molecule has 0 saturated heterocycles. The van der Waals surface area contributed by atoms with Gasteiger partial charge in [0.2, 0.25) is 68.2 Å². The van der Waals surface area contributed by atoms with Crippen LogP contribution in [-0.4, -0.2) is 358 Å². The summed E-state index contributed by atoms with van der Waals surface area (Å²) in [5.74, 6) is -2.77. The number of aromatic nitrogens is 5. The van der Waals surface area contributed by atoms with Crippen molar-refractivity contribution in [3.63, 3.8) is 0 Å². The van der Waals surface area contributed by atoms with Crippen LogP contribution in [0.5, 0.6) is 0 Å². The monoisotopic (exact) mass is 1780 g/mol. The number of nitrogens with one attached hydrogen (secondary N) is 8. The topological polar surface area (TPSA) is 537 Å². The number of amides is 9. The van der Waals surface area contributed by atoms with E-state index in [1.807, 2.05) is 0 Å². The molecule has 3 atom stereocenters. The summed E-state index contributed by atoms with van der Waals surface area (Å²) in [5, 5.41) is 37.8. The van der Waals surface area contributed by atoms with Crippen LogP contribution in [0.4, 0.5) is 0 Å². The largest absolute Gasteiger partial charge is 0.481 e. The second-order valence-electron chi connectivity index (χ2n) is 27.8. The first-order chi connectivity index (χ1) is 60.0. The maximum atomic E-state index is 15.2. The summed E-state index contributed by atoms with van der Waals surface area (Å²) in [6.45, 7) is 6.85. The molecule has 0 spiro atoms. The number of unbranched alkanes of at least 4 members (excludes halogenated alkanes) is 1. The summed E-state index contributed by atoms with van der Waals surface area (Å²) in [4.78, 5) is 156. The fourth-order valence-corrected chi connectivity index (χ4v) is 11.8. The number of methoxy groups -OCH3 is 2. The summed E-state index contributed by atoms with van der Waals surface area (Å²) in [5.41, 5.74) is 1.35. The summed E-state index contributed by atoms with van der Waals surface area (Å²) in [7, 11) is -0.480. The highest BCUT2D eigenvalue weighted by molar-refractivity contribution is 7.90. The van der Waals surface area contributed by atoms with E-state index >= 15 is 4.79 Å². The second-order valence-corrected chi connectivity index (χ2v) is 29.7. The molecular weight excluding hydrogens is 1650 g/mol. The van der Waals surface area contributed by atoms with Gasteiger partial charge in [0, 0.05) is 91.5 Å². The van der Waals surface area contributed by atoms with Crippen LogP contribution in [0.3, 0.4) is 0 Å². The first kappa shape index (κ1) is 107. The van der Waals surface area contributed by atoms with Crippen molar-refractivity contribution in [2.75, 3.05) is 232 Å². The number of rotatable bonds is 73. The molecule has 0 unspecified atom stereocenters. The zero-order chi connectivity index (χ0) is 89.9. The smallest absolute Gasteiger partial charge is 0.306 e. The minimum absolute atomic E-state index is 0.0258. The van der Waals surface area contributed by atoms with Crippen LogP contribution in [0.1, 0.15) is 94.4 Å². The van der Waals surface area contributed by atoms with Gasteiger partial charge in [-0.2, -0.15) is 0 Å². The van der Waals surface area contributed by atoms with Crippen LogP contribution in [-0.2, 0) is 153 Å². The number of hydrogen-bond donors (Lipinski definition) is 9. The van der Waals surface area contributed by atoms with Gasteiger partial charge in [-0.1, -0.05) is 47.4 Å². The molecule has 3 aromatic rings. The molecule has 696 valence electrons. The van der Waals surface area contributed by atoms with E-state index in [0.29, 0.717) is 155 Å². The summed E-state index contributed by atoms with van der Waals surface area (Å²) in [6.07, 6.45) is 6.06. The van der Waals surface area contributed by atoms with Gasteiger partial charge in [0.1, 0.15) is 23.8 Å². The molecule has 0 radical (unpaired) electrons. The van der Waals surface area contributed by atoms with Gasteiger partial charge >= 0.3 is 11.9 Å². The molecule has 1 aliphatic carbocycles. The molecule has 44 heteroatoms. The lowest BCUT2D eigenvalue weighted by atomic mass is 9.82. The highest BCUT2D eigenvalue weighted by Crippen LogP contribution is 2.30. The van der Waals surface area contributed by atoms with Crippen LogP contribution in [0.15, 0.2) is 54.1 Å². The van der Waals surface area contributed by atoms with E-state index in [2.05, 4.69) is 74.7 Å². The van der Waals surface area contributed by atoms with E-state index in [9.17, 15) is 61.5 Å². The predicted molar refractivity (Wildman–Crippen MR) is 439 cm³/mol. The Morgan fingerprint density at radius 3 is 1.46 bits per heavy atom. The molecule has 1 aromatic carbocycles. The van der Waals surface area contributed by atoms with E-state index < -0.39 is 138 Å². The number of carboxylic acid groups (broad SMARTS) is 1. The average molecular weight is 1780 g/mol. The number of esters is 1. The first-order valence-corrected chi connectivity index (χ1v) is 43.2. The zero-order valence-electron chi connectivity index (χ0n) is 71.5. The Hall–Kier alpha value is -9.44. The lowest BCUT2D eigenvalue weighted by Crippen LogP contribution is -2.55. The van der Waals surface area contributed by atoms with Gasteiger partial charge in [0.05, 0.1) is 216 Å². The molecule has 1 saturated carbocycles. The Morgan fingerprint density at radius 1 is 0.516 bits per heavy atom. The molecule has 0 bridgehead atoms. The quantitative estimate of drug-likeness (QED) is 0.00949. The number of carbonyl (C=O) groups excluding carboxylic acids is 10. The minimum Gasteiger partial charge on any atom is -0.481 e. The highest BCUT2D eigenvalue weighted by atomic mass is 32.2. The lowest BCUT2D eigenvalue weighted by Gasteiger charge is -2.29. The Morgan fingerprint density at radius 2 is 0.968 bits per heavy atom. The van der Waals surface area contributed by atoms with Gasteiger partial charge in [0.25, 0.3) is 0 Å². The Labute approximate surface area is 723 Å². The number of ether oxygens (including phenoxy) is 15. The maximum absolute atomic E-state index is 15.2. The lowest BCUT2D eigenvalue weighted by molar-refractivity contribution is -0.144. The van der Waals surface area contributed by atoms with Crippen LogP contribution >= 0.6 is 0 Å². The number of aliphatic carboxylic acids is 1. The van der Waals surface area contributed by atoms with Crippen molar-refractivity contribution >= 4 is 74.9 Å². The molecule has 43 nitrogen and oxygen atoms in total. The van der Waals surface area contributed by atoms with Crippen molar-refractivity contribution in [2.24, 2.45) is 11.8 Å². The van der Waals surface area contributed by atoms with E-state index in [-0.39, 0.29) is 135 Å². The van der Waals surface area contributed by atoms with Crippen LogP contribution in [0, 0.1) is 23.7 Å². The SMILES string of the molecule is COCCOCCOCCOCCOCCOCCOCCN(CCOCCOCCOCCOCCOCCOCCOC)C(=O)[C@H](CCC(=O)NCC(=O)NCC(=O)N[C@@H](Cc1ccccc1)C(=O)NCC(=O)NCOC(C)=O)NC(=O)[C@H](CCC(=O)NCc1cn(CC2CCC(C(=O)O)CC2)nn1)NC(=O)CCCC#Cc1cnc(S(C)(=O)=O)nc1. The summed E-state index contributed by atoms with van der Waals surface area (Å²) in [6, 6.07) is 4.30. The molecule has 124 heavy (non-hydrogen) atoms. The third kappa shape index (κ3) is 53.7. The third-order valence-corrected chi connectivity index (χ3v) is 18.8. The standard InChI is InChI=1S/C80H126N14O29S/c1-61(95)123-60-87-74(100)56-84-76(102)69(51-62-11-7-5-8-12-62)89-75(101)57-83-73(99)55-82-71(97)22-20-68(90-77(103)67(88-72(98)14-10-6-9-13-64-52-85-80(86-53-64)124(4,107)108)19-21-70(96)81-54-66-59-94(92-91-66)58-63-15-17-65(18-16-63)79(105)106)78(104)93(23-25-111-31-33-115-39-41-119-47-49-121-45-43-117-37-35-113-29-27-109-2)24-26-112-32-34-116-40-42-120-48-50-122-46-44-118-38-36-114-30-28-110-3/h5,7-8,11-12,52-53,59,63,65,67-69H,6,10,14-51,54-58,60H2,1-4H3,(H,81,96)(H,82,97)(H,83,99)(H,84,102)(H,87,100)(H,88,98)(H,89,101)(H,90,103)(H,105,106)/t63?,65?,67-,68-,69-/m0/s1. The van der Waals surface area contributed by atoms with E-state index in [0.717, 1.165) is 13.2 Å². The Balaban J connectivity index is 1.51. The summed E-state index contributed by atoms with van der Waals surface area (Å²) >= 11 is 0. The third-order valence-electron chi connectivity index (χ3n) is 17.9. The number of benzene rings is 1. The van der Waals surface area contributed by atoms with Crippen LogP contribution < -0.4 is 42.5 Å².